The molecule has 1 aliphatic carbocycles. The Morgan fingerprint density at radius 2 is 2.11 bits per heavy atom. The van der Waals surface area contributed by atoms with Crippen molar-refractivity contribution >= 4 is 12.0 Å². The molecule has 0 aromatic carbocycles. The van der Waals surface area contributed by atoms with Gasteiger partial charge in [0.05, 0.1) is 5.60 Å². The molecule has 6 nitrogen and oxygen atoms in total. The second kappa shape index (κ2) is 6.58. The molecule has 18 heavy (non-hydrogen) atoms. The summed E-state index contributed by atoms with van der Waals surface area (Å²) in [5.41, 5.74) is -0.183. The van der Waals surface area contributed by atoms with Crippen LogP contribution in [0.15, 0.2) is 0 Å². The van der Waals surface area contributed by atoms with Crippen molar-refractivity contribution in [1.82, 2.24) is 10.2 Å². The largest absolute Gasteiger partial charge is 0.481 e. The third-order valence-corrected chi connectivity index (χ3v) is 3.49. The number of carbonyl (C=O) groups excluding carboxylic acids is 1. The van der Waals surface area contributed by atoms with Gasteiger partial charge in [-0.15, -0.1) is 0 Å². The van der Waals surface area contributed by atoms with Crippen LogP contribution in [0.1, 0.15) is 32.1 Å². The van der Waals surface area contributed by atoms with E-state index >= 15 is 0 Å². The van der Waals surface area contributed by atoms with E-state index in [4.69, 9.17) is 9.84 Å². The third-order valence-electron chi connectivity index (χ3n) is 3.49. The first-order valence-electron chi connectivity index (χ1n) is 6.25. The fraction of sp³-hybridized carbons (Fsp3) is 0.833. The Kier molecular flexibility index (Phi) is 5.40. The van der Waals surface area contributed by atoms with Gasteiger partial charge in [0.15, 0.2) is 0 Å². The van der Waals surface area contributed by atoms with Crippen LogP contribution in [0.5, 0.6) is 0 Å². The number of rotatable bonds is 7. The summed E-state index contributed by atoms with van der Waals surface area (Å²) < 4.78 is 5.41. The zero-order chi connectivity index (χ0) is 13.6. The lowest BCUT2D eigenvalue weighted by Crippen LogP contribution is -2.51. The summed E-state index contributed by atoms with van der Waals surface area (Å²) in [6, 6.07) is -0.177. The molecule has 1 aliphatic rings. The molecule has 1 fully saturated rings. The summed E-state index contributed by atoms with van der Waals surface area (Å²) in [5, 5.41) is 11.3. The molecule has 1 rings (SSSR count). The maximum Gasteiger partial charge on any atom is 0.317 e. The fourth-order valence-electron chi connectivity index (χ4n) is 1.96. The molecule has 104 valence electrons. The zero-order valence-electron chi connectivity index (χ0n) is 11.1. The average molecular weight is 258 g/mol. The van der Waals surface area contributed by atoms with Gasteiger partial charge in [-0.05, 0) is 25.7 Å². The van der Waals surface area contributed by atoms with E-state index in [1.165, 1.54) is 4.90 Å². The second-order valence-corrected chi connectivity index (χ2v) is 4.82. The number of carboxylic acids is 1. The van der Waals surface area contributed by atoms with Gasteiger partial charge in [0, 0.05) is 33.7 Å². The van der Waals surface area contributed by atoms with Crippen molar-refractivity contribution in [3.05, 3.63) is 0 Å². The molecular weight excluding hydrogens is 236 g/mol. The Balaban J connectivity index is 2.21. The van der Waals surface area contributed by atoms with Crippen molar-refractivity contribution in [2.24, 2.45) is 0 Å². The topological polar surface area (TPSA) is 78.9 Å². The molecule has 0 bridgehead atoms. The predicted octanol–water partition coefficient (Wildman–Crippen LogP) is 1.06. The molecule has 6 heteroatoms. The van der Waals surface area contributed by atoms with E-state index in [1.807, 2.05) is 0 Å². The molecule has 0 heterocycles. The van der Waals surface area contributed by atoms with E-state index in [-0.39, 0.29) is 18.1 Å². The lowest BCUT2D eigenvalue weighted by Gasteiger charge is -2.40. The van der Waals surface area contributed by atoms with Crippen LogP contribution in [0.3, 0.4) is 0 Å². The van der Waals surface area contributed by atoms with Gasteiger partial charge in [0.2, 0.25) is 0 Å². The number of ether oxygens (including phenoxy) is 1. The van der Waals surface area contributed by atoms with Crippen molar-refractivity contribution in [3.8, 4) is 0 Å². The summed E-state index contributed by atoms with van der Waals surface area (Å²) in [4.78, 5) is 23.6. The second-order valence-electron chi connectivity index (χ2n) is 4.82. The number of amides is 2. The van der Waals surface area contributed by atoms with Crippen molar-refractivity contribution in [3.63, 3.8) is 0 Å². The highest BCUT2D eigenvalue weighted by molar-refractivity contribution is 5.74. The van der Waals surface area contributed by atoms with Gasteiger partial charge in [-0.3, -0.25) is 4.79 Å². The summed E-state index contributed by atoms with van der Waals surface area (Å²) in [7, 11) is 3.33. The predicted molar refractivity (Wildman–Crippen MR) is 66.5 cm³/mol. The van der Waals surface area contributed by atoms with Gasteiger partial charge in [-0.1, -0.05) is 0 Å². The lowest BCUT2D eigenvalue weighted by atomic mass is 9.80. The number of carbonyl (C=O) groups is 2. The first-order chi connectivity index (χ1) is 8.49. The molecule has 0 saturated heterocycles. The molecule has 1 saturated carbocycles. The van der Waals surface area contributed by atoms with Crippen molar-refractivity contribution in [2.45, 2.75) is 37.7 Å². The first-order valence-corrected chi connectivity index (χ1v) is 6.25. The lowest BCUT2D eigenvalue weighted by molar-refractivity contribution is -0.137. The maximum atomic E-state index is 11.7. The van der Waals surface area contributed by atoms with Crippen molar-refractivity contribution < 1.29 is 19.4 Å². The molecule has 0 aromatic rings. The summed E-state index contributed by atoms with van der Waals surface area (Å²) >= 11 is 0. The van der Waals surface area contributed by atoms with Crippen LogP contribution in [0.2, 0.25) is 0 Å². The van der Waals surface area contributed by atoms with E-state index in [0.29, 0.717) is 19.5 Å². The number of carboxylic acid groups (broad SMARTS) is 1. The van der Waals surface area contributed by atoms with Gasteiger partial charge >= 0.3 is 12.0 Å². The van der Waals surface area contributed by atoms with E-state index < -0.39 is 5.97 Å². The van der Waals surface area contributed by atoms with Crippen LogP contribution >= 0.6 is 0 Å². The zero-order valence-corrected chi connectivity index (χ0v) is 11.1. The summed E-state index contributed by atoms with van der Waals surface area (Å²) in [6.07, 6.45) is 3.64. The number of aliphatic carboxylic acids is 1. The molecule has 0 atom stereocenters. The van der Waals surface area contributed by atoms with Gasteiger partial charge in [0.25, 0.3) is 0 Å². The monoisotopic (exact) mass is 258 g/mol. The minimum atomic E-state index is -0.836. The van der Waals surface area contributed by atoms with Gasteiger partial charge in [-0.25, -0.2) is 4.79 Å². The third kappa shape index (κ3) is 4.18. The maximum absolute atomic E-state index is 11.7. The molecule has 2 amide bonds. The molecular formula is C12H22N2O4. The van der Waals surface area contributed by atoms with E-state index in [2.05, 4.69) is 5.32 Å². The summed E-state index contributed by atoms with van der Waals surface area (Å²) in [5.74, 6) is -0.836. The van der Waals surface area contributed by atoms with Crippen LogP contribution < -0.4 is 5.32 Å². The number of methoxy groups -OCH3 is 1. The Morgan fingerprint density at radius 1 is 1.44 bits per heavy atom. The Morgan fingerprint density at radius 3 is 2.56 bits per heavy atom. The molecule has 2 N–H and O–H groups in total. The van der Waals surface area contributed by atoms with Crippen LogP contribution in [0.4, 0.5) is 4.79 Å². The van der Waals surface area contributed by atoms with E-state index in [9.17, 15) is 9.59 Å². The number of hydrogen-bond donors (Lipinski definition) is 2. The van der Waals surface area contributed by atoms with Crippen molar-refractivity contribution in [2.75, 3.05) is 27.2 Å². The highest BCUT2D eigenvalue weighted by Gasteiger charge is 2.37. The minimum Gasteiger partial charge on any atom is -0.481 e. The molecule has 0 aliphatic heterocycles. The van der Waals surface area contributed by atoms with Crippen LogP contribution in [-0.2, 0) is 9.53 Å². The number of urea groups is 1. The highest BCUT2D eigenvalue weighted by atomic mass is 16.5. The Labute approximate surface area is 107 Å². The number of hydrogen-bond acceptors (Lipinski definition) is 3. The smallest absolute Gasteiger partial charge is 0.317 e. The van der Waals surface area contributed by atoms with E-state index in [0.717, 1.165) is 19.3 Å². The van der Waals surface area contributed by atoms with Gasteiger partial charge in [-0.2, -0.15) is 0 Å². The normalized spacial score (nSPS) is 16.8. The van der Waals surface area contributed by atoms with Gasteiger partial charge < -0.3 is 20.1 Å². The Bertz CT molecular complexity index is 297. The minimum absolute atomic E-state index is 0.0830. The highest BCUT2D eigenvalue weighted by Crippen LogP contribution is 2.34. The van der Waals surface area contributed by atoms with Crippen LogP contribution in [0.25, 0.3) is 0 Å². The first kappa shape index (κ1) is 14.8. The summed E-state index contributed by atoms with van der Waals surface area (Å²) in [6.45, 7) is 0.962. The van der Waals surface area contributed by atoms with Crippen LogP contribution in [-0.4, -0.2) is 54.9 Å². The average Bonchev–Trinajstić information content (AvgIpc) is 2.27. The molecule has 0 radical (unpaired) electrons. The van der Waals surface area contributed by atoms with E-state index in [1.54, 1.807) is 14.2 Å². The fourth-order valence-corrected chi connectivity index (χ4v) is 1.96. The standard InChI is InChI=1S/C12H22N2O4/c1-14(8-3-5-10(15)16)11(17)13-9-12(18-2)6-4-7-12/h3-9H2,1-2H3,(H,13,17)(H,15,16). The van der Waals surface area contributed by atoms with Crippen LogP contribution in [0, 0.1) is 0 Å². The van der Waals surface area contributed by atoms with Gasteiger partial charge in [0.1, 0.15) is 0 Å². The SMILES string of the molecule is COC1(CNC(=O)N(C)CCCC(=O)O)CCC1. The molecule has 0 unspecified atom stereocenters. The number of nitrogens with zero attached hydrogens (tertiary/aromatic N) is 1. The van der Waals surface area contributed by atoms with Crippen molar-refractivity contribution in [1.29, 1.82) is 0 Å². The quantitative estimate of drug-likeness (QED) is 0.715. The number of nitrogens with one attached hydrogen (secondary N) is 1. The molecule has 0 spiro atoms. The molecule has 0 aromatic heterocycles. The Hall–Kier alpha value is -1.30.